The summed E-state index contributed by atoms with van der Waals surface area (Å²) in [6.07, 6.45) is 8.03. The summed E-state index contributed by atoms with van der Waals surface area (Å²) in [5.41, 5.74) is 0.607. The molecule has 2 saturated heterocycles. The fraction of sp³-hybridized carbons (Fsp3) is 0.692. The maximum absolute atomic E-state index is 12.3. The molecule has 2 aliphatic rings. The van der Waals surface area contributed by atoms with E-state index in [0.717, 1.165) is 26.1 Å². The highest BCUT2D eigenvalue weighted by Gasteiger charge is 2.32. The first kappa shape index (κ1) is 11.7. The van der Waals surface area contributed by atoms with Gasteiger partial charge in [-0.05, 0) is 31.7 Å². The van der Waals surface area contributed by atoms with Crippen molar-refractivity contribution in [3.63, 3.8) is 0 Å². The molecule has 2 aliphatic heterocycles. The van der Waals surface area contributed by atoms with E-state index in [1.165, 1.54) is 19.3 Å². The van der Waals surface area contributed by atoms with Gasteiger partial charge in [0.1, 0.15) is 5.69 Å². The first-order valence-corrected chi connectivity index (χ1v) is 6.85. The second kappa shape index (κ2) is 5.10. The van der Waals surface area contributed by atoms with E-state index in [9.17, 15) is 4.79 Å². The smallest absolute Gasteiger partial charge is 0.271 e. The third kappa shape index (κ3) is 2.27. The SMILES string of the molecule is O=C(c1cnc[nH]1)N1CC[C@H]2NCCCC[C@@H]2C1. The lowest BCUT2D eigenvalue weighted by Gasteiger charge is -2.37. The van der Waals surface area contributed by atoms with E-state index in [2.05, 4.69) is 15.3 Å². The summed E-state index contributed by atoms with van der Waals surface area (Å²) in [5, 5.41) is 3.62. The molecule has 0 spiro atoms. The van der Waals surface area contributed by atoms with Crippen LogP contribution in [0.25, 0.3) is 0 Å². The zero-order valence-electron chi connectivity index (χ0n) is 10.6. The van der Waals surface area contributed by atoms with Gasteiger partial charge < -0.3 is 15.2 Å². The first-order chi connectivity index (χ1) is 8.84. The lowest BCUT2D eigenvalue weighted by molar-refractivity contribution is 0.0626. The number of likely N-dealkylation sites (tertiary alicyclic amines) is 1. The number of rotatable bonds is 1. The van der Waals surface area contributed by atoms with Crippen molar-refractivity contribution in [2.75, 3.05) is 19.6 Å². The topological polar surface area (TPSA) is 61.0 Å². The monoisotopic (exact) mass is 248 g/mol. The van der Waals surface area contributed by atoms with Gasteiger partial charge in [0, 0.05) is 19.1 Å². The number of nitrogens with zero attached hydrogens (tertiary/aromatic N) is 2. The summed E-state index contributed by atoms with van der Waals surface area (Å²) in [7, 11) is 0. The highest BCUT2D eigenvalue weighted by atomic mass is 16.2. The number of imidazole rings is 1. The lowest BCUT2D eigenvalue weighted by atomic mass is 9.89. The highest BCUT2D eigenvalue weighted by Crippen LogP contribution is 2.25. The van der Waals surface area contributed by atoms with Crippen molar-refractivity contribution >= 4 is 5.91 Å². The number of piperidine rings is 1. The predicted molar refractivity (Wildman–Crippen MR) is 68.2 cm³/mol. The summed E-state index contributed by atoms with van der Waals surface area (Å²) < 4.78 is 0. The number of H-pyrrole nitrogens is 1. The van der Waals surface area contributed by atoms with E-state index < -0.39 is 0 Å². The highest BCUT2D eigenvalue weighted by molar-refractivity contribution is 5.92. The molecule has 0 bridgehead atoms. The average Bonchev–Trinajstić information content (AvgIpc) is 2.83. The van der Waals surface area contributed by atoms with E-state index >= 15 is 0 Å². The summed E-state index contributed by atoms with van der Waals surface area (Å²) in [6.45, 7) is 2.87. The van der Waals surface area contributed by atoms with Gasteiger partial charge in [0.05, 0.1) is 12.5 Å². The van der Waals surface area contributed by atoms with E-state index in [1.54, 1.807) is 12.5 Å². The lowest BCUT2D eigenvalue weighted by Crippen LogP contribution is -2.50. The van der Waals surface area contributed by atoms with Crippen molar-refractivity contribution in [1.82, 2.24) is 20.2 Å². The van der Waals surface area contributed by atoms with Crippen molar-refractivity contribution in [3.05, 3.63) is 18.2 Å². The van der Waals surface area contributed by atoms with Gasteiger partial charge >= 0.3 is 0 Å². The molecular weight excluding hydrogens is 228 g/mol. The van der Waals surface area contributed by atoms with Crippen LogP contribution in [0.1, 0.15) is 36.2 Å². The molecular formula is C13H20N4O. The number of fused-ring (bicyclic) bond motifs is 1. The number of carbonyl (C=O) groups excluding carboxylic acids is 1. The van der Waals surface area contributed by atoms with Crippen molar-refractivity contribution in [1.29, 1.82) is 0 Å². The number of carbonyl (C=O) groups is 1. The van der Waals surface area contributed by atoms with Gasteiger partial charge in [-0.25, -0.2) is 4.98 Å². The van der Waals surface area contributed by atoms with Crippen LogP contribution in [0, 0.1) is 5.92 Å². The van der Waals surface area contributed by atoms with Crippen LogP contribution in [-0.4, -0.2) is 46.5 Å². The zero-order valence-corrected chi connectivity index (χ0v) is 10.6. The fourth-order valence-electron chi connectivity index (χ4n) is 3.14. The van der Waals surface area contributed by atoms with E-state index in [4.69, 9.17) is 0 Å². The van der Waals surface area contributed by atoms with Crippen LogP contribution in [0.15, 0.2) is 12.5 Å². The second-order valence-electron chi connectivity index (χ2n) is 5.32. The number of hydrogen-bond donors (Lipinski definition) is 2. The Hall–Kier alpha value is -1.36. The van der Waals surface area contributed by atoms with Crippen molar-refractivity contribution < 1.29 is 4.79 Å². The molecule has 98 valence electrons. The van der Waals surface area contributed by atoms with Crippen LogP contribution >= 0.6 is 0 Å². The fourth-order valence-corrected chi connectivity index (χ4v) is 3.14. The summed E-state index contributed by atoms with van der Waals surface area (Å²) >= 11 is 0. The predicted octanol–water partition coefficient (Wildman–Crippen LogP) is 1.01. The minimum Gasteiger partial charge on any atom is -0.341 e. The third-order valence-electron chi connectivity index (χ3n) is 4.16. The summed E-state index contributed by atoms with van der Waals surface area (Å²) in [4.78, 5) is 21.0. The molecule has 5 heteroatoms. The molecule has 18 heavy (non-hydrogen) atoms. The molecule has 5 nitrogen and oxygen atoms in total. The Bertz CT molecular complexity index is 403. The largest absolute Gasteiger partial charge is 0.341 e. The van der Waals surface area contributed by atoms with Crippen LogP contribution < -0.4 is 5.32 Å². The van der Waals surface area contributed by atoms with E-state index in [-0.39, 0.29) is 5.91 Å². The van der Waals surface area contributed by atoms with Crippen LogP contribution in [0.5, 0.6) is 0 Å². The van der Waals surface area contributed by atoms with Gasteiger partial charge in [-0.2, -0.15) is 0 Å². The molecule has 1 amide bonds. The summed E-state index contributed by atoms with van der Waals surface area (Å²) in [6, 6.07) is 0.610. The quantitative estimate of drug-likeness (QED) is 0.780. The minimum atomic E-state index is 0.0928. The van der Waals surface area contributed by atoms with E-state index in [1.807, 2.05) is 4.90 Å². The zero-order chi connectivity index (χ0) is 12.4. The molecule has 3 heterocycles. The molecule has 1 aromatic heterocycles. The second-order valence-corrected chi connectivity index (χ2v) is 5.32. The maximum atomic E-state index is 12.3. The molecule has 3 rings (SSSR count). The normalized spacial score (nSPS) is 28.6. The molecule has 0 saturated carbocycles. The number of nitrogens with one attached hydrogen (secondary N) is 2. The van der Waals surface area contributed by atoms with Gasteiger partial charge in [0.15, 0.2) is 0 Å². The third-order valence-corrected chi connectivity index (χ3v) is 4.16. The van der Waals surface area contributed by atoms with Gasteiger partial charge in [0.25, 0.3) is 5.91 Å². The number of aromatic amines is 1. The molecule has 2 N–H and O–H groups in total. The Labute approximate surface area is 107 Å². The van der Waals surface area contributed by atoms with Gasteiger partial charge in [0.2, 0.25) is 0 Å². The van der Waals surface area contributed by atoms with Gasteiger partial charge in [-0.15, -0.1) is 0 Å². The van der Waals surface area contributed by atoms with Gasteiger partial charge in [-0.1, -0.05) is 6.42 Å². The number of hydrogen-bond acceptors (Lipinski definition) is 3. The van der Waals surface area contributed by atoms with Crippen molar-refractivity contribution in [3.8, 4) is 0 Å². The Balaban J connectivity index is 1.67. The minimum absolute atomic E-state index is 0.0928. The molecule has 0 aromatic carbocycles. The van der Waals surface area contributed by atoms with Crippen LogP contribution in [0.4, 0.5) is 0 Å². The first-order valence-electron chi connectivity index (χ1n) is 6.85. The molecule has 1 aromatic rings. The maximum Gasteiger partial charge on any atom is 0.271 e. The Morgan fingerprint density at radius 2 is 2.33 bits per heavy atom. The van der Waals surface area contributed by atoms with Gasteiger partial charge in [-0.3, -0.25) is 4.79 Å². The van der Waals surface area contributed by atoms with Crippen LogP contribution in [0.2, 0.25) is 0 Å². The van der Waals surface area contributed by atoms with Crippen molar-refractivity contribution in [2.45, 2.75) is 31.7 Å². The van der Waals surface area contributed by atoms with Crippen molar-refractivity contribution in [2.24, 2.45) is 5.92 Å². The Morgan fingerprint density at radius 1 is 1.39 bits per heavy atom. The average molecular weight is 248 g/mol. The standard InChI is InChI=1S/C13H20N4O/c18-13(12-7-14-9-16-12)17-6-4-11-10(8-17)3-1-2-5-15-11/h7,9-11,15H,1-6,8H2,(H,14,16)/t10-,11-/m1/s1. The van der Waals surface area contributed by atoms with Crippen LogP contribution in [0.3, 0.4) is 0 Å². The number of amides is 1. The molecule has 0 unspecified atom stereocenters. The molecule has 2 atom stereocenters. The number of aromatic nitrogens is 2. The summed E-state index contributed by atoms with van der Waals surface area (Å²) in [5.74, 6) is 0.711. The van der Waals surface area contributed by atoms with E-state index in [0.29, 0.717) is 17.7 Å². The Morgan fingerprint density at radius 3 is 3.17 bits per heavy atom. The molecule has 0 radical (unpaired) electrons. The van der Waals surface area contributed by atoms with Crippen LogP contribution in [-0.2, 0) is 0 Å². The molecule has 2 fully saturated rings. The molecule has 0 aliphatic carbocycles. The Kier molecular flexibility index (Phi) is 3.32.